The number of hydrogen-bond acceptors (Lipinski definition) is 5. The van der Waals surface area contributed by atoms with Gasteiger partial charge in [-0.2, -0.15) is 0 Å². The third-order valence-electron chi connectivity index (χ3n) is 4.55. The zero-order valence-electron chi connectivity index (χ0n) is 16.3. The van der Waals surface area contributed by atoms with E-state index in [1.807, 2.05) is 67.6 Å². The number of para-hydroxylation sites is 1. The molecule has 0 N–H and O–H groups in total. The fraction of sp³-hybridized carbons (Fsp3) is 0.174. The molecule has 0 radical (unpaired) electrons. The van der Waals surface area contributed by atoms with Gasteiger partial charge in [0, 0.05) is 11.1 Å². The second-order valence-electron chi connectivity index (χ2n) is 6.56. The van der Waals surface area contributed by atoms with E-state index in [1.54, 1.807) is 34.2 Å². The number of fused-ring (bicyclic) bond motifs is 1. The number of nitrogens with zero attached hydrogens (tertiary/aromatic N) is 3. The van der Waals surface area contributed by atoms with Crippen LogP contribution in [0, 0.1) is 6.92 Å². The second-order valence-corrected chi connectivity index (χ2v) is 8.87. The van der Waals surface area contributed by atoms with Crippen molar-refractivity contribution in [2.75, 3.05) is 10.7 Å². The largest absolute Gasteiger partial charge is 0.278 e. The molecule has 2 aromatic carbocycles. The van der Waals surface area contributed by atoms with Gasteiger partial charge < -0.3 is 0 Å². The monoisotopic (exact) mass is 419 g/mol. The predicted octanol–water partition coefficient (Wildman–Crippen LogP) is 5.96. The van der Waals surface area contributed by atoms with Crippen molar-refractivity contribution in [2.45, 2.75) is 25.3 Å². The zero-order chi connectivity index (χ0) is 20.2. The van der Waals surface area contributed by atoms with Gasteiger partial charge in [0.1, 0.15) is 0 Å². The van der Waals surface area contributed by atoms with Crippen molar-refractivity contribution in [3.05, 3.63) is 83.7 Å². The number of thioether (sulfide) groups is 1. The van der Waals surface area contributed by atoms with Crippen molar-refractivity contribution >= 4 is 44.4 Å². The molecule has 0 fully saturated rings. The Bertz CT molecular complexity index is 1140. The molecule has 2 aromatic heterocycles. The third-order valence-corrected chi connectivity index (χ3v) is 6.55. The van der Waals surface area contributed by atoms with E-state index in [2.05, 4.69) is 11.9 Å². The van der Waals surface area contributed by atoms with Crippen LogP contribution in [0.4, 0.5) is 5.13 Å². The number of aromatic nitrogens is 2. The highest BCUT2D eigenvalue weighted by molar-refractivity contribution is 7.99. The Hall–Kier alpha value is -2.70. The standard InChI is InChI=1S/C23H21N3OS2/c1-3-28-19-12-5-4-11-18(19)22(27)26(15-17-10-6-7-14-24-17)23-25-21-16(2)9-8-13-20(21)29-23/h4-14H,3,15H2,1-2H3. The van der Waals surface area contributed by atoms with Crippen LogP contribution in [0.1, 0.15) is 28.5 Å². The highest BCUT2D eigenvalue weighted by Gasteiger charge is 2.24. The van der Waals surface area contributed by atoms with E-state index in [4.69, 9.17) is 4.98 Å². The molecule has 1 amide bonds. The first kappa shape index (κ1) is 19.6. The molecule has 0 unspecified atom stereocenters. The SMILES string of the molecule is CCSc1ccccc1C(=O)N(Cc1ccccn1)c1nc2c(C)cccc2s1. The van der Waals surface area contributed by atoms with E-state index in [0.29, 0.717) is 17.2 Å². The number of amides is 1. The number of hydrogen-bond donors (Lipinski definition) is 0. The fourth-order valence-electron chi connectivity index (χ4n) is 3.14. The maximum atomic E-state index is 13.7. The smallest absolute Gasteiger partial charge is 0.261 e. The summed E-state index contributed by atoms with van der Waals surface area (Å²) in [6.45, 7) is 4.52. The minimum absolute atomic E-state index is 0.0519. The minimum atomic E-state index is -0.0519. The molecule has 0 atom stereocenters. The molecule has 29 heavy (non-hydrogen) atoms. The molecule has 0 aliphatic carbocycles. The topological polar surface area (TPSA) is 46.1 Å². The molecule has 6 heteroatoms. The van der Waals surface area contributed by atoms with E-state index in [1.165, 1.54) is 0 Å². The summed E-state index contributed by atoms with van der Waals surface area (Å²) in [5.74, 6) is 0.856. The Kier molecular flexibility index (Phi) is 5.92. The van der Waals surface area contributed by atoms with Gasteiger partial charge in [0.25, 0.3) is 5.91 Å². The lowest BCUT2D eigenvalue weighted by Gasteiger charge is -2.21. The Morgan fingerprint density at radius 1 is 1.07 bits per heavy atom. The van der Waals surface area contributed by atoms with Crippen molar-refractivity contribution in [2.24, 2.45) is 0 Å². The van der Waals surface area contributed by atoms with Crippen molar-refractivity contribution in [3.8, 4) is 0 Å². The molecule has 0 aliphatic rings. The van der Waals surface area contributed by atoms with Gasteiger partial charge in [-0.15, -0.1) is 11.8 Å². The first-order valence-corrected chi connectivity index (χ1v) is 11.3. The Labute approximate surface area is 178 Å². The summed E-state index contributed by atoms with van der Waals surface area (Å²) in [7, 11) is 0. The van der Waals surface area contributed by atoms with E-state index in [-0.39, 0.29) is 5.91 Å². The van der Waals surface area contributed by atoms with E-state index >= 15 is 0 Å². The quantitative estimate of drug-likeness (QED) is 0.362. The van der Waals surface area contributed by atoms with Crippen LogP contribution in [0.15, 0.2) is 71.8 Å². The Morgan fingerprint density at radius 3 is 2.66 bits per heavy atom. The fourth-order valence-corrected chi connectivity index (χ4v) is 4.98. The summed E-state index contributed by atoms with van der Waals surface area (Å²) in [5, 5.41) is 0.696. The molecule has 4 aromatic rings. The first-order valence-electron chi connectivity index (χ1n) is 9.47. The number of carbonyl (C=O) groups excluding carboxylic acids is 1. The predicted molar refractivity (Wildman–Crippen MR) is 122 cm³/mol. The van der Waals surface area contributed by atoms with E-state index < -0.39 is 0 Å². The van der Waals surface area contributed by atoms with Crippen LogP contribution in [0.3, 0.4) is 0 Å². The molecule has 0 saturated carbocycles. The Morgan fingerprint density at radius 2 is 1.90 bits per heavy atom. The van der Waals surface area contributed by atoms with Gasteiger partial charge in [0.05, 0.1) is 28.0 Å². The van der Waals surface area contributed by atoms with Gasteiger partial charge >= 0.3 is 0 Å². The molecule has 0 spiro atoms. The summed E-state index contributed by atoms with van der Waals surface area (Å²) in [6, 6.07) is 19.7. The summed E-state index contributed by atoms with van der Waals surface area (Å²) >= 11 is 3.22. The van der Waals surface area contributed by atoms with Crippen LogP contribution < -0.4 is 4.90 Å². The molecule has 0 bridgehead atoms. The van der Waals surface area contributed by atoms with Crippen molar-refractivity contribution in [3.63, 3.8) is 0 Å². The number of carbonyl (C=O) groups is 1. The van der Waals surface area contributed by atoms with Gasteiger partial charge in [-0.1, -0.05) is 48.6 Å². The van der Waals surface area contributed by atoms with E-state index in [9.17, 15) is 4.79 Å². The van der Waals surface area contributed by atoms with Gasteiger partial charge in [-0.3, -0.25) is 14.7 Å². The van der Waals surface area contributed by atoms with Crippen LogP contribution in [-0.4, -0.2) is 21.6 Å². The molecule has 4 rings (SSSR count). The summed E-state index contributed by atoms with van der Waals surface area (Å²) in [6.07, 6.45) is 1.75. The Balaban J connectivity index is 1.79. The number of anilines is 1. The van der Waals surface area contributed by atoms with Crippen molar-refractivity contribution in [1.29, 1.82) is 0 Å². The molecule has 4 nitrogen and oxygen atoms in total. The lowest BCUT2D eigenvalue weighted by atomic mass is 10.2. The molecular weight excluding hydrogens is 398 g/mol. The van der Waals surface area contributed by atoms with Crippen LogP contribution in [0.25, 0.3) is 10.2 Å². The average molecular weight is 420 g/mol. The van der Waals surface area contributed by atoms with Crippen LogP contribution in [0.2, 0.25) is 0 Å². The van der Waals surface area contributed by atoms with Crippen LogP contribution in [-0.2, 0) is 6.54 Å². The zero-order valence-corrected chi connectivity index (χ0v) is 18.0. The van der Waals surface area contributed by atoms with Gasteiger partial charge in [-0.25, -0.2) is 4.98 Å². The number of pyridine rings is 1. The molecule has 146 valence electrons. The number of aryl methyl sites for hydroxylation is 1. The maximum Gasteiger partial charge on any atom is 0.261 e. The molecule has 0 aliphatic heterocycles. The van der Waals surface area contributed by atoms with Crippen molar-refractivity contribution < 1.29 is 4.79 Å². The number of benzene rings is 2. The number of thiazole rings is 1. The maximum absolute atomic E-state index is 13.7. The van der Waals surface area contributed by atoms with Gasteiger partial charge in [0.15, 0.2) is 5.13 Å². The summed E-state index contributed by atoms with van der Waals surface area (Å²) in [4.78, 5) is 25.6. The lowest BCUT2D eigenvalue weighted by molar-refractivity contribution is 0.0982. The molecule has 0 saturated heterocycles. The van der Waals surface area contributed by atoms with Crippen molar-refractivity contribution in [1.82, 2.24) is 9.97 Å². The van der Waals surface area contributed by atoms with Crippen LogP contribution in [0.5, 0.6) is 0 Å². The summed E-state index contributed by atoms with van der Waals surface area (Å²) in [5.41, 5.74) is 3.59. The van der Waals surface area contributed by atoms with Gasteiger partial charge in [-0.05, 0) is 48.6 Å². The highest BCUT2D eigenvalue weighted by atomic mass is 32.2. The average Bonchev–Trinajstić information content (AvgIpc) is 3.18. The highest BCUT2D eigenvalue weighted by Crippen LogP contribution is 2.33. The first-order chi connectivity index (χ1) is 14.2. The summed E-state index contributed by atoms with van der Waals surface area (Å²) < 4.78 is 1.08. The minimum Gasteiger partial charge on any atom is -0.278 e. The number of rotatable bonds is 6. The van der Waals surface area contributed by atoms with Gasteiger partial charge in [0.2, 0.25) is 0 Å². The lowest BCUT2D eigenvalue weighted by Crippen LogP contribution is -2.31. The molecular formula is C23H21N3OS2. The second kappa shape index (κ2) is 8.76. The van der Waals surface area contributed by atoms with E-state index in [0.717, 1.165) is 32.1 Å². The third kappa shape index (κ3) is 4.18. The molecule has 2 heterocycles. The van der Waals surface area contributed by atoms with Crippen LogP contribution >= 0.6 is 23.1 Å². The normalized spacial score (nSPS) is 11.0.